The van der Waals surface area contributed by atoms with Gasteiger partial charge in [-0.25, -0.2) is 0 Å². The maximum absolute atomic E-state index is 13.5. The van der Waals surface area contributed by atoms with Crippen LogP contribution in [-0.2, 0) is 9.59 Å². The molecule has 7 heteroatoms. The molecule has 1 amide bonds. The Morgan fingerprint density at radius 3 is 2.31 bits per heavy atom. The molecular formula is C29H29NO6. The van der Waals surface area contributed by atoms with Gasteiger partial charge in [-0.3, -0.25) is 14.5 Å². The molecule has 2 N–H and O–H groups in total. The summed E-state index contributed by atoms with van der Waals surface area (Å²) in [6, 6.07) is 15.8. The molecule has 1 atom stereocenters. The number of hydrogen-bond acceptors (Lipinski definition) is 6. The summed E-state index contributed by atoms with van der Waals surface area (Å²) < 4.78 is 11.3. The van der Waals surface area contributed by atoms with Gasteiger partial charge in [-0.05, 0) is 74.7 Å². The highest BCUT2D eigenvalue weighted by Gasteiger charge is 2.47. The topological polar surface area (TPSA) is 96.3 Å². The number of aryl methyl sites for hydroxylation is 1. The molecule has 1 aliphatic heterocycles. The number of aliphatic hydroxyl groups is 1. The molecule has 7 nitrogen and oxygen atoms in total. The molecule has 3 aromatic rings. The fourth-order valence-corrected chi connectivity index (χ4v) is 4.42. The van der Waals surface area contributed by atoms with Crippen molar-refractivity contribution in [2.24, 2.45) is 0 Å². The first kappa shape index (κ1) is 24.9. The molecule has 186 valence electrons. The fourth-order valence-electron chi connectivity index (χ4n) is 4.42. The number of aromatic hydroxyl groups is 1. The maximum Gasteiger partial charge on any atom is 0.300 e. The van der Waals surface area contributed by atoms with E-state index in [1.807, 2.05) is 39.8 Å². The highest BCUT2D eigenvalue weighted by atomic mass is 16.5. The molecule has 1 fully saturated rings. The van der Waals surface area contributed by atoms with Crippen molar-refractivity contribution in [2.75, 3.05) is 18.1 Å². The fraction of sp³-hybridized carbons (Fsp3) is 0.241. The van der Waals surface area contributed by atoms with E-state index in [-0.39, 0.29) is 22.6 Å². The summed E-state index contributed by atoms with van der Waals surface area (Å²) in [5.41, 5.74) is 3.17. The number of anilines is 1. The normalized spacial score (nSPS) is 16.9. The zero-order chi connectivity index (χ0) is 26.0. The molecule has 1 saturated heterocycles. The lowest BCUT2D eigenvalue weighted by Crippen LogP contribution is -2.30. The second-order valence-electron chi connectivity index (χ2n) is 8.50. The van der Waals surface area contributed by atoms with Crippen molar-refractivity contribution in [1.29, 1.82) is 0 Å². The van der Waals surface area contributed by atoms with Crippen LogP contribution in [0.15, 0.2) is 66.2 Å². The number of aliphatic hydroxyl groups excluding tert-OH is 1. The van der Waals surface area contributed by atoms with E-state index in [2.05, 4.69) is 0 Å². The number of phenolic OH excluding ortho intramolecular Hbond substituents is 1. The van der Waals surface area contributed by atoms with Gasteiger partial charge in [0.15, 0.2) is 0 Å². The Bertz CT molecular complexity index is 1340. The first-order valence-corrected chi connectivity index (χ1v) is 11.8. The molecule has 0 saturated carbocycles. The predicted octanol–water partition coefficient (Wildman–Crippen LogP) is 5.43. The third-order valence-electron chi connectivity index (χ3n) is 6.31. The van der Waals surface area contributed by atoms with Crippen LogP contribution in [0.3, 0.4) is 0 Å². The number of Topliss-reactive ketones (excluding diaryl/α,β-unsaturated/α-hetero) is 1. The van der Waals surface area contributed by atoms with Crippen molar-refractivity contribution in [3.05, 3.63) is 88.5 Å². The van der Waals surface area contributed by atoms with Gasteiger partial charge >= 0.3 is 0 Å². The molecule has 3 aromatic carbocycles. The smallest absolute Gasteiger partial charge is 0.300 e. The van der Waals surface area contributed by atoms with Gasteiger partial charge in [0.2, 0.25) is 0 Å². The highest BCUT2D eigenvalue weighted by molar-refractivity contribution is 6.51. The highest BCUT2D eigenvalue weighted by Crippen LogP contribution is 2.45. The summed E-state index contributed by atoms with van der Waals surface area (Å²) in [7, 11) is 0. The lowest BCUT2D eigenvalue weighted by atomic mass is 9.94. The van der Waals surface area contributed by atoms with Crippen molar-refractivity contribution < 1.29 is 29.3 Å². The van der Waals surface area contributed by atoms with Crippen LogP contribution in [0, 0.1) is 13.8 Å². The van der Waals surface area contributed by atoms with Crippen molar-refractivity contribution in [1.82, 2.24) is 0 Å². The van der Waals surface area contributed by atoms with Gasteiger partial charge in [0.05, 0.1) is 30.4 Å². The van der Waals surface area contributed by atoms with E-state index in [4.69, 9.17) is 9.47 Å². The van der Waals surface area contributed by atoms with Crippen LogP contribution in [0.2, 0.25) is 0 Å². The summed E-state index contributed by atoms with van der Waals surface area (Å²) in [6.45, 7) is 8.28. The number of ether oxygens (including phenoxy) is 2. The molecule has 1 unspecified atom stereocenters. The number of carbonyl (C=O) groups is 2. The molecule has 4 rings (SSSR count). The molecule has 0 spiro atoms. The van der Waals surface area contributed by atoms with E-state index in [0.29, 0.717) is 36.0 Å². The van der Waals surface area contributed by atoms with E-state index in [0.717, 1.165) is 11.1 Å². The third-order valence-corrected chi connectivity index (χ3v) is 6.31. The lowest BCUT2D eigenvalue weighted by Gasteiger charge is -2.27. The van der Waals surface area contributed by atoms with Gasteiger partial charge in [-0.1, -0.05) is 24.3 Å². The van der Waals surface area contributed by atoms with Crippen LogP contribution < -0.4 is 14.4 Å². The van der Waals surface area contributed by atoms with E-state index in [9.17, 15) is 19.8 Å². The number of nitrogens with zero attached hydrogens (tertiary/aromatic N) is 1. The van der Waals surface area contributed by atoms with E-state index >= 15 is 0 Å². The minimum atomic E-state index is -0.910. The van der Waals surface area contributed by atoms with Gasteiger partial charge in [0.1, 0.15) is 23.0 Å². The van der Waals surface area contributed by atoms with Crippen LogP contribution in [0.5, 0.6) is 17.2 Å². The number of benzene rings is 3. The minimum Gasteiger partial charge on any atom is -0.508 e. The molecule has 0 aliphatic carbocycles. The molecule has 0 bridgehead atoms. The monoisotopic (exact) mass is 487 g/mol. The number of ketones is 1. The van der Waals surface area contributed by atoms with Crippen molar-refractivity contribution in [2.45, 2.75) is 33.7 Å². The van der Waals surface area contributed by atoms with Gasteiger partial charge in [0, 0.05) is 11.8 Å². The molecule has 0 radical (unpaired) electrons. The Morgan fingerprint density at radius 1 is 0.944 bits per heavy atom. The Morgan fingerprint density at radius 2 is 1.64 bits per heavy atom. The predicted molar refractivity (Wildman–Crippen MR) is 138 cm³/mol. The Labute approximate surface area is 210 Å². The van der Waals surface area contributed by atoms with Gasteiger partial charge in [-0.2, -0.15) is 0 Å². The summed E-state index contributed by atoms with van der Waals surface area (Å²) in [4.78, 5) is 28.3. The SMILES string of the molecule is CCOc1ccc(/C(O)=C2\C(=O)C(=O)N(c3cccc(C)c3C)C2c2ccc(O)cc2)c(OCC)c1. The van der Waals surface area contributed by atoms with Crippen molar-refractivity contribution in [3.8, 4) is 17.2 Å². The number of phenols is 1. The summed E-state index contributed by atoms with van der Waals surface area (Å²) >= 11 is 0. The number of hydrogen-bond donors (Lipinski definition) is 2. The molecule has 0 aromatic heterocycles. The maximum atomic E-state index is 13.5. The van der Waals surface area contributed by atoms with E-state index in [1.165, 1.54) is 17.0 Å². The van der Waals surface area contributed by atoms with Gasteiger partial charge in [0.25, 0.3) is 11.7 Å². The van der Waals surface area contributed by atoms with Gasteiger partial charge in [-0.15, -0.1) is 0 Å². The zero-order valence-corrected chi connectivity index (χ0v) is 20.7. The van der Waals surface area contributed by atoms with Crippen LogP contribution in [0.25, 0.3) is 5.76 Å². The van der Waals surface area contributed by atoms with Gasteiger partial charge < -0.3 is 19.7 Å². The first-order valence-electron chi connectivity index (χ1n) is 11.8. The molecule has 1 aliphatic rings. The summed E-state index contributed by atoms with van der Waals surface area (Å²) in [5, 5.41) is 21.4. The Kier molecular flexibility index (Phi) is 7.01. The number of amides is 1. The average Bonchev–Trinajstić information content (AvgIpc) is 3.12. The molecular weight excluding hydrogens is 458 g/mol. The van der Waals surface area contributed by atoms with E-state index in [1.54, 1.807) is 36.4 Å². The third kappa shape index (κ3) is 4.40. The van der Waals surface area contributed by atoms with Crippen molar-refractivity contribution in [3.63, 3.8) is 0 Å². The lowest BCUT2D eigenvalue weighted by molar-refractivity contribution is -0.132. The quantitative estimate of drug-likeness (QED) is 0.262. The van der Waals surface area contributed by atoms with Crippen molar-refractivity contribution >= 4 is 23.1 Å². The second-order valence-corrected chi connectivity index (χ2v) is 8.50. The minimum absolute atomic E-state index is 0.0487. The largest absolute Gasteiger partial charge is 0.508 e. The molecule has 36 heavy (non-hydrogen) atoms. The average molecular weight is 488 g/mol. The summed E-state index contributed by atoms with van der Waals surface area (Å²) in [6.07, 6.45) is 0. The van der Waals surface area contributed by atoms with Crippen LogP contribution in [0.1, 0.15) is 42.1 Å². The second kappa shape index (κ2) is 10.2. The number of rotatable bonds is 7. The zero-order valence-electron chi connectivity index (χ0n) is 20.7. The van der Waals surface area contributed by atoms with Crippen LogP contribution >= 0.6 is 0 Å². The first-order chi connectivity index (χ1) is 17.3. The summed E-state index contributed by atoms with van der Waals surface area (Å²) in [5.74, 6) is -0.944. The van der Waals surface area contributed by atoms with Crippen LogP contribution in [-0.4, -0.2) is 35.1 Å². The standard InChI is InChI=1S/C29H29NO6/c1-5-35-21-14-15-22(24(16-21)36-6-2)27(32)25-26(19-10-12-20(31)13-11-19)30(29(34)28(25)33)23-9-7-8-17(3)18(23)4/h7-16,26,31-32H,5-6H2,1-4H3/b27-25+. The van der Waals surface area contributed by atoms with Crippen LogP contribution in [0.4, 0.5) is 5.69 Å². The van der Waals surface area contributed by atoms with E-state index < -0.39 is 17.7 Å². The number of carbonyl (C=O) groups excluding carboxylic acids is 2. The Hall–Kier alpha value is -4.26. The molecule has 1 heterocycles. The Balaban J connectivity index is 1.97.